The number of ether oxygens (including phenoxy) is 1. The Morgan fingerprint density at radius 2 is 1.90 bits per heavy atom. The number of rotatable bonds is 5. The van der Waals surface area contributed by atoms with Gasteiger partial charge in [-0.2, -0.15) is 0 Å². The quantitative estimate of drug-likeness (QED) is 0.778. The van der Waals surface area contributed by atoms with Gasteiger partial charge in [0.15, 0.2) is 0 Å². The van der Waals surface area contributed by atoms with Crippen molar-refractivity contribution in [2.75, 3.05) is 12.4 Å². The molecule has 0 aliphatic rings. The minimum Gasteiger partial charge on any atom is -0.480 e. The van der Waals surface area contributed by atoms with E-state index in [9.17, 15) is 14.7 Å². The second-order valence-electron chi connectivity index (χ2n) is 5.83. The van der Waals surface area contributed by atoms with Gasteiger partial charge in [-0.3, -0.25) is 0 Å². The normalized spacial score (nSPS) is 12.6. The number of methoxy groups -OCH3 is 1. The van der Waals surface area contributed by atoms with Crippen LogP contribution in [0.5, 0.6) is 0 Å². The summed E-state index contributed by atoms with van der Waals surface area (Å²) in [6, 6.07) is 5.66. The van der Waals surface area contributed by atoms with Crippen LogP contribution in [0.15, 0.2) is 24.3 Å². The summed E-state index contributed by atoms with van der Waals surface area (Å²) in [5.41, 5.74) is 0.822. The van der Waals surface area contributed by atoms with Crippen molar-refractivity contribution in [3.63, 3.8) is 0 Å². The van der Waals surface area contributed by atoms with Crippen molar-refractivity contribution in [2.45, 2.75) is 33.4 Å². The Morgan fingerprint density at radius 1 is 1.29 bits per heavy atom. The molecule has 116 valence electrons. The Kier molecular flexibility index (Phi) is 5.72. The van der Waals surface area contributed by atoms with Crippen molar-refractivity contribution in [3.8, 4) is 0 Å². The Labute approximate surface area is 124 Å². The smallest absolute Gasteiger partial charge is 0.326 e. The molecular weight excluding hydrogens is 272 g/mol. The molecule has 1 aromatic rings. The average Bonchev–Trinajstić information content (AvgIpc) is 2.37. The molecule has 1 atom stereocenters. The molecule has 0 aliphatic carbocycles. The molecule has 0 unspecified atom stereocenters. The van der Waals surface area contributed by atoms with E-state index >= 15 is 0 Å². The molecule has 0 radical (unpaired) electrons. The number of carboxylic acid groups (broad SMARTS) is 1. The SMILES string of the molecule is COCc1ccccc1NC(=O)N[C@@H](C(=O)O)C(C)(C)C. The molecule has 1 rings (SSSR count). The first kappa shape index (κ1) is 17.0. The van der Waals surface area contributed by atoms with Crippen LogP contribution in [0.3, 0.4) is 0 Å². The highest BCUT2D eigenvalue weighted by Gasteiger charge is 2.32. The van der Waals surface area contributed by atoms with Gasteiger partial charge in [-0.05, 0) is 11.5 Å². The highest BCUT2D eigenvalue weighted by molar-refractivity contribution is 5.93. The second kappa shape index (κ2) is 7.08. The lowest BCUT2D eigenvalue weighted by Crippen LogP contribution is -2.50. The van der Waals surface area contributed by atoms with Gasteiger partial charge in [0.2, 0.25) is 0 Å². The summed E-state index contributed by atoms with van der Waals surface area (Å²) in [7, 11) is 1.57. The number of hydrogen-bond acceptors (Lipinski definition) is 3. The van der Waals surface area contributed by atoms with E-state index in [2.05, 4.69) is 10.6 Å². The average molecular weight is 294 g/mol. The summed E-state index contributed by atoms with van der Waals surface area (Å²) >= 11 is 0. The van der Waals surface area contributed by atoms with Crippen LogP contribution in [-0.4, -0.2) is 30.3 Å². The zero-order valence-electron chi connectivity index (χ0n) is 12.8. The number of amides is 2. The van der Waals surface area contributed by atoms with E-state index in [-0.39, 0.29) is 0 Å². The minimum absolute atomic E-state index is 0.359. The summed E-state index contributed by atoms with van der Waals surface area (Å²) in [5.74, 6) is -1.07. The predicted octanol–water partition coefficient (Wildman–Crippen LogP) is 2.45. The molecule has 6 heteroatoms. The monoisotopic (exact) mass is 294 g/mol. The number of anilines is 1. The first-order valence-electron chi connectivity index (χ1n) is 6.63. The van der Waals surface area contributed by atoms with Gasteiger partial charge < -0.3 is 20.5 Å². The summed E-state index contributed by atoms with van der Waals surface area (Å²) in [5, 5.41) is 14.3. The molecule has 0 saturated carbocycles. The lowest BCUT2D eigenvalue weighted by molar-refractivity contribution is -0.141. The summed E-state index contributed by atoms with van der Waals surface area (Å²) in [6.45, 7) is 5.62. The van der Waals surface area contributed by atoms with Gasteiger partial charge in [0.25, 0.3) is 0 Å². The maximum absolute atomic E-state index is 12.0. The number of benzene rings is 1. The molecule has 6 nitrogen and oxygen atoms in total. The summed E-state index contributed by atoms with van der Waals surface area (Å²) in [6.07, 6.45) is 0. The number of nitrogens with one attached hydrogen (secondary N) is 2. The second-order valence-corrected chi connectivity index (χ2v) is 5.83. The first-order chi connectivity index (χ1) is 9.75. The molecule has 0 spiro atoms. The van der Waals surface area contributed by atoms with Gasteiger partial charge in [-0.15, -0.1) is 0 Å². The molecule has 0 bridgehead atoms. The lowest BCUT2D eigenvalue weighted by Gasteiger charge is -2.27. The topological polar surface area (TPSA) is 87.7 Å². The van der Waals surface area contributed by atoms with Crippen LogP contribution in [0, 0.1) is 5.41 Å². The minimum atomic E-state index is -1.07. The van der Waals surface area contributed by atoms with Crippen LogP contribution >= 0.6 is 0 Å². The van der Waals surface area contributed by atoms with Crippen molar-refractivity contribution in [1.29, 1.82) is 0 Å². The molecule has 2 amide bonds. The third kappa shape index (κ3) is 5.07. The van der Waals surface area contributed by atoms with Crippen LogP contribution in [-0.2, 0) is 16.1 Å². The molecule has 0 heterocycles. The van der Waals surface area contributed by atoms with Gasteiger partial charge >= 0.3 is 12.0 Å². The number of carboxylic acids is 1. The van der Waals surface area contributed by atoms with E-state index in [4.69, 9.17) is 4.74 Å². The van der Waals surface area contributed by atoms with E-state index in [1.807, 2.05) is 12.1 Å². The fourth-order valence-electron chi connectivity index (χ4n) is 1.86. The molecule has 0 aromatic heterocycles. The van der Waals surface area contributed by atoms with Crippen molar-refractivity contribution >= 4 is 17.7 Å². The predicted molar refractivity (Wildman–Crippen MR) is 80.2 cm³/mol. The maximum atomic E-state index is 12.0. The Morgan fingerprint density at radius 3 is 2.43 bits per heavy atom. The Balaban J connectivity index is 2.80. The van der Waals surface area contributed by atoms with Crippen LogP contribution < -0.4 is 10.6 Å². The van der Waals surface area contributed by atoms with Crippen molar-refractivity contribution in [3.05, 3.63) is 29.8 Å². The van der Waals surface area contributed by atoms with Crippen LogP contribution in [0.2, 0.25) is 0 Å². The van der Waals surface area contributed by atoms with Crippen LogP contribution in [0.1, 0.15) is 26.3 Å². The van der Waals surface area contributed by atoms with Gasteiger partial charge in [-0.25, -0.2) is 9.59 Å². The van der Waals surface area contributed by atoms with E-state index in [1.54, 1.807) is 40.0 Å². The van der Waals surface area contributed by atoms with Crippen molar-refractivity contribution in [1.82, 2.24) is 5.32 Å². The maximum Gasteiger partial charge on any atom is 0.326 e. The highest BCUT2D eigenvalue weighted by atomic mass is 16.5. The van der Waals surface area contributed by atoms with Gasteiger partial charge in [0, 0.05) is 18.4 Å². The highest BCUT2D eigenvalue weighted by Crippen LogP contribution is 2.20. The standard InChI is InChI=1S/C15H22N2O4/c1-15(2,3)12(13(18)19)17-14(20)16-11-8-6-5-7-10(11)9-21-4/h5-8,12H,9H2,1-4H3,(H,18,19)(H2,16,17,20)/t12-/m0/s1. The van der Waals surface area contributed by atoms with Crippen molar-refractivity contribution in [2.24, 2.45) is 5.41 Å². The summed E-state index contributed by atoms with van der Waals surface area (Å²) in [4.78, 5) is 23.2. The zero-order chi connectivity index (χ0) is 16.0. The molecular formula is C15H22N2O4. The molecule has 0 saturated heterocycles. The lowest BCUT2D eigenvalue weighted by atomic mass is 9.87. The van der Waals surface area contributed by atoms with Gasteiger partial charge in [0.05, 0.1) is 6.61 Å². The largest absolute Gasteiger partial charge is 0.480 e. The third-order valence-corrected chi connectivity index (χ3v) is 2.95. The number of hydrogen-bond donors (Lipinski definition) is 3. The zero-order valence-corrected chi connectivity index (χ0v) is 12.8. The van der Waals surface area contributed by atoms with Crippen molar-refractivity contribution < 1.29 is 19.4 Å². The molecule has 0 aliphatic heterocycles. The van der Waals surface area contributed by atoms with Crippen LogP contribution in [0.4, 0.5) is 10.5 Å². The van der Waals surface area contributed by atoms with E-state index in [0.717, 1.165) is 5.56 Å². The fourth-order valence-corrected chi connectivity index (χ4v) is 1.86. The van der Waals surface area contributed by atoms with Crippen LogP contribution in [0.25, 0.3) is 0 Å². The van der Waals surface area contributed by atoms with E-state index in [1.165, 1.54) is 0 Å². The number of carbonyl (C=O) groups excluding carboxylic acids is 1. The van der Waals surface area contributed by atoms with E-state index in [0.29, 0.717) is 12.3 Å². The Hall–Kier alpha value is -2.08. The molecule has 21 heavy (non-hydrogen) atoms. The number of para-hydroxylation sites is 1. The first-order valence-corrected chi connectivity index (χ1v) is 6.63. The third-order valence-electron chi connectivity index (χ3n) is 2.95. The van der Waals surface area contributed by atoms with E-state index < -0.39 is 23.5 Å². The van der Waals surface area contributed by atoms with Gasteiger partial charge in [0.1, 0.15) is 6.04 Å². The molecule has 3 N–H and O–H groups in total. The molecule has 0 fully saturated rings. The number of carbonyl (C=O) groups is 2. The van der Waals surface area contributed by atoms with Gasteiger partial charge in [-0.1, -0.05) is 39.0 Å². The fraction of sp³-hybridized carbons (Fsp3) is 0.467. The number of urea groups is 1. The summed E-state index contributed by atoms with van der Waals surface area (Å²) < 4.78 is 5.06. The Bertz CT molecular complexity index is 509. The number of aliphatic carboxylic acids is 1. The molecule has 1 aromatic carbocycles.